The minimum atomic E-state index is -0.310. The molecule has 3 heterocycles. The third-order valence-corrected chi connectivity index (χ3v) is 4.05. The van der Waals surface area contributed by atoms with Crippen molar-refractivity contribution in [2.75, 3.05) is 18.5 Å². The maximum atomic E-state index is 12.2. The van der Waals surface area contributed by atoms with E-state index in [1.54, 1.807) is 18.5 Å². The second-order valence-corrected chi connectivity index (χ2v) is 5.87. The summed E-state index contributed by atoms with van der Waals surface area (Å²) in [7, 11) is 0. The van der Waals surface area contributed by atoms with Crippen LogP contribution < -0.4 is 5.32 Å². The zero-order chi connectivity index (χ0) is 16.8. The van der Waals surface area contributed by atoms with Crippen molar-refractivity contribution < 1.29 is 9.53 Å². The molecule has 0 aliphatic rings. The number of rotatable bonds is 7. The number of aromatic amines is 1. The Hall–Kier alpha value is -2.65. The van der Waals surface area contributed by atoms with Crippen LogP contribution in [0.3, 0.4) is 0 Å². The molecular weight excluding hydrogens is 328 g/mol. The van der Waals surface area contributed by atoms with Gasteiger partial charge in [-0.05, 0) is 25.1 Å². The molecule has 0 saturated heterocycles. The van der Waals surface area contributed by atoms with Gasteiger partial charge < -0.3 is 4.74 Å². The van der Waals surface area contributed by atoms with Crippen molar-refractivity contribution in [2.24, 2.45) is 0 Å². The first-order valence-electron chi connectivity index (χ1n) is 7.43. The number of amides is 1. The van der Waals surface area contributed by atoms with Crippen molar-refractivity contribution in [1.82, 2.24) is 25.4 Å². The maximum Gasteiger partial charge on any atom is 0.275 e. The van der Waals surface area contributed by atoms with Gasteiger partial charge in [0.1, 0.15) is 10.7 Å². The molecule has 0 atom stereocenters. The van der Waals surface area contributed by atoms with Gasteiger partial charge in [0.25, 0.3) is 5.91 Å². The van der Waals surface area contributed by atoms with Crippen LogP contribution in [0.5, 0.6) is 0 Å². The van der Waals surface area contributed by atoms with Gasteiger partial charge in [-0.3, -0.25) is 20.2 Å². The van der Waals surface area contributed by atoms with Gasteiger partial charge >= 0.3 is 0 Å². The summed E-state index contributed by atoms with van der Waals surface area (Å²) in [6.07, 6.45) is 4.03. The Morgan fingerprint density at radius 1 is 1.33 bits per heavy atom. The molecule has 124 valence electrons. The molecule has 0 unspecified atom stereocenters. The normalized spacial score (nSPS) is 10.7. The number of H-pyrrole nitrogens is 1. The van der Waals surface area contributed by atoms with Crippen LogP contribution in [-0.2, 0) is 11.2 Å². The highest BCUT2D eigenvalue weighted by molar-refractivity contribution is 7.15. The minimum absolute atomic E-state index is 0.310. The summed E-state index contributed by atoms with van der Waals surface area (Å²) >= 11 is 1.33. The fraction of sp³-hybridized carbons (Fsp3) is 0.267. The third kappa shape index (κ3) is 4.00. The van der Waals surface area contributed by atoms with Crippen LogP contribution in [0, 0.1) is 0 Å². The number of nitrogens with zero attached hydrogens (tertiary/aromatic N) is 4. The van der Waals surface area contributed by atoms with Gasteiger partial charge in [0.2, 0.25) is 5.13 Å². The number of hydrogen-bond donors (Lipinski definition) is 2. The van der Waals surface area contributed by atoms with Crippen LogP contribution in [0.25, 0.3) is 11.3 Å². The highest BCUT2D eigenvalue weighted by Crippen LogP contribution is 2.19. The van der Waals surface area contributed by atoms with Crippen molar-refractivity contribution in [3.63, 3.8) is 0 Å². The van der Waals surface area contributed by atoms with Crippen molar-refractivity contribution in [3.8, 4) is 11.3 Å². The molecule has 3 rings (SSSR count). The van der Waals surface area contributed by atoms with Crippen LogP contribution in [0.15, 0.2) is 30.6 Å². The number of anilines is 1. The molecule has 0 bridgehead atoms. The summed E-state index contributed by atoms with van der Waals surface area (Å²) < 4.78 is 5.28. The standard InChI is InChI=1S/C15H16N6O2S/c1-2-23-8-5-13-20-21-15(24-13)17-14(22)12-9-11(18-19-12)10-3-6-16-7-4-10/h3-4,6-7,9H,2,5,8H2,1H3,(H,18,19)(H,17,21,22). The van der Waals surface area contributed by atoms with Crippen molar-refractivity contribution >= 4 is 22.4 Å². The Balaban J connectivity index is 1.62. The van der Waals surface area contributed by atoms with E-state index in [1.165, 1.54) is 11.3 Å². The number of carbonyl (C=O) groups excluding carboxylic acids is 1. The maximum absolute atomic E-state index is 12.2. The van der Waals surface area contributed by atoms with Crippen molar-refractivity contribution in [1.29, 1.82) is 0 Å². The lowest BCUT2D eigenvalue weighted by molar-refractivity contribution is 0.102. The summed E-state index contributed by atoms with van der Waals surface area (Å²) in [6.45, 7) is 3.20. The lowest BCUT2D eigenvalue weighted by Crippen LogP contribution is -2.12. The number of hydrogen-bond acceptors (Lipinski definition) is 7. The molecule has 8 nitrogen and oxygen atoms in total. The van der Waals surface area contributed by atoms with Crippen molar-refractivity contribution in [2.45, 2.75) is 13.3 Å². The average molecular weight is 344 g/mol. The number of pyridine rings is 1. The van der Waals surface area contributed by atoms with Gasteiger partial charge in [-0.2, -0.15) is 5.10 Å². The molecule has 3 aromatic heterocycles. The zero-order valence-corrected chi connectivity index (χ0v) is 13.8. The summed E-state index contributed by atoms with van der Waals surface area (Å²) in [5, 5.41) is 18.8. The van der Waals surface area contributed by atoms with E-state index in [2.05, 4.69) is 30.7 Å². The monoisotopic (exact) mass is 344 g/mol. The molecule has 0 spiro atoms. The van der Waals surface area contributed by atoms with E-state index in [0.717, 1.165) is 10.6 Å². The van der Waals surface area contributed by atoms with E-state index in [4.69, 9.17) is 4.74 Å². The Labute approximate surface area is 142 Å². The van der Waals surface area contributed by atoms with Crippen LogP contribution in [-0.4, -0.2) is 44.5 Å². The summed E-state index contributed by atoms with van der Waals surface area (Å²) in [5.41, 5.74) is 1.92. The van der Waals surface area contributed by atoms with E-state index in [9.17, 15) is 4.79 Å². The number of aromatic nitrogens is 5. The number of carbonyl (C=O) groups is 1. The molecule has 24 heavy (non-hydrogen) atoms. The molecule has 0 aliphatic heterocycles. The van der Waals surface area contributed by atoms with Crippen LogP contribution in [0.1, 0.15) is 22.4 Å². The van der Waals surface area contributed by atoms with Crippen LogP contribution in [0.2, 0.25) is 0 Å². The van der Waals surface area contributed by atoms with Gasteiger partial charge in [0.05, 0.1) is 12.3 Å². The predicted octanol–water partition coefficient (Wildman–Crippen LogP) is 2.15. The zero-order valence-electron chi connectivity index (χ0n) is 13.0. The molecular formula is C15H16N6O2S. The fourth-order valence-corrected chi connectivity index (χ4v) is 2.70. The Morgan fingerprint density at radius 3 is 2.96 bits per heavy atom. The summed E-state index contributed by atoms with van der Waals surface area (Å²) in [5.74, 6) is -0.310. The third-order valence-electron chi connectivity index (χ3n) is 3.15. The SMILES string of the molecule is CCOCCc1nnc(NC(=O)c2cc(-c3ccncc3)n[nH]2)s1. The van der Waals surface area contributed by atoms with E-state index >= 15 is 0 Å². The summed E-state index contributed by atoms with van der Waals surface area (Å²) in [4.78, 5) is 16.2. The smallest absolute Gasteiger partial charge is 0.275 e. The molecule has 0 aliphatic carbocycles. The molecule has 0 radical (unpaired) electrons. The first kappa shape index (κ1) is 16.2. The quantitative estimate of drug-likeness (QED) is 0.636. The highest BCUT2D eigenvalue weighted by Gasteiger charge is 2.13. The first-order valence-corrected chi connectivity index (χ1v) is 8.25. The fourth-order valence-electron chi connectivity index (χ4n) is 1.98. The van der Waals surface area contributed by atoms with Crippen LogP contribution >= 0.6 is 11.3 Å². The van der Waals surface area contributed by atoms with Crippen molar-refractivity contribution in [3.05, 3.63) is 41.3 Å². The Bertz CT molecular complexity index is 801. The number of nitrogens with one attached hydrogen (secondary N) is 2. The second-order valence-electron chi connectivity index (χ2n) is 4.80. The number of ether oxygens (including phenoxy) is 1. The average Bonchev–Trinajstić information content (AvgIpc) is 3.26. The predicted molar refractivity (Wildman–Crippen MR) is 89.9 cm³/mol. The van der Waals surface area contributed by atoms with Crippen LogP contribution in [0.4, 0.5) is 5.13 Å². The van der Waals surface area contributed by atoms with Gasteiger partial charge in [-0.15, -0.1) is 10.2 Å². The summed E-state index contributed by atoms with van der Waals surface area (Å²) in [6, 6.07) is 5.34. The molecule has 2 N–H and O–H groups in total. The van der Waals surface area contributed by atoms with Gasteiger partial charge in [-0.1, -0.05) is 11.3 Å². The lowest BCUT2D eigenvalue weighted by atomic mass is 10.2. The van der Waals surface area contributed by atoms with E-state index < -0.39 is 0 Å². The molecule has 9 heteroatoms. The molecule has 0 saturated carbocycles. The Kier molecular flexibility index (Phi) is 5.24. The minimum Gasteiger partial charge on any atom is -0.381 e. The second kappa shape index (κ2) is 7.75. The Morgan fingerprint density at radius 2 is 2.17 bits per heavy atom. The largest absolute Gasteiger partial charge is 0.381 e. The molecule has 1 amide bonds. The van der Waals surface area contributed by atoms with E-state index in [1.807, 2.05) is 19.1 Å². The molecule has 0 aromatic carbocycles. The first-order chi connectivity index (χ1) is 11.8. The van der Waals surface area contributed by atoms with Gasteiger partial charge in [-0.25, -0.2) is 0 Å². The van der Waals surface area contributed by atoms with Gasteiger partial charge in [0.15, 0.2) is 0 Å². The van der Waals surface area contributed by atoms with E-state index in [0.29, 0.717) is 36.2 Å². The van der Waals surface area contributed by atoms with E-state index in [-0.39, 0.29) is 5.91 Å². The lowest BCUT2D eigenvalue weighted by Gasteiger charge is -1.97. The topological polar surface area (TPSA) is 106 Å². The molecule has 3 aromatic rings. The highest BCUT2D eigenvalue weighted by atomic mass is 32.1. The van der Waals surface area contributed by atoms with Gasteiger partial charge in [0, 0.05) is 31.0 Å². The molecule has 0 fully saturated rings.